The number of carboxylic acids is 1. The second kappa shape index (κ2) is 6.64. The highest BCUT2D eigenvalue weighted by molar-refractivity contribution is 5.89. The van der Waals surface area contributed by atoms with E-state index in [1.165, 1.54) is 0 Å². The molecule has 0 radical (unpaired) electrons. The first-order chi connectivity index (χ1) is 8.54. The number of ether oxygens (including phenoxy) is 1. The topological polar surface area (TPSA) is 75.6 Å². The van der Waals surface area contributed by atoms with Gasteiger partial charge in [0.05, 0.1) is 18.1 Å². The van der Waals surface area contributed by atoms with E-state index in [1.807, 2.05) is 0 Å². The molecular formula is C13H17NO4. The van der Waals surface area contributed by atoms with Crippen LogP contribution in [0.2, 0.25) is 0 Å². The minimum absolute atomic E-state index is 0.341. The summed E-state index contributed by atoms with van der Waals surface area (Å²) in [4.78, 5) is 22.0. The molecule has 98 valence electrons. The molecule has 0 fully saturated rings. The van der Waals surface area contributed by atoms with Gasteiger partial charge in [-0.15, -0.1) is 0 Å². The molecule has 2 N–H and O–H groups in total. The van der Waals surface area contributed by atoms with Crippen molar-refractivity contribution in [3.8, 4) is 0 Å². The Kier molecular flexibility index (Phi) is 5.17. The third kappa shape index (κ3) is 4.08. The van der Waals surface area contributed by atoms with Crippen LogP contribution in [0.4, 0.5) is 5.69 Å². The van der Waals surface area contributed by atoms with E-state index in [2.05, 4.69) is 5.32 Å². The number of aliphatic carboxylic acids is 1. The Hall–Kier alpha value is -2.04. The Morgan fingerprint density at radius 2 is 1.94 bits per heavy atom. The van der Waals surface area contributed by atoms with Crippen LogP contribution in [0, 0.1) is 5.92 Å². The highest BCUT2D eigenvalue weighted by Crippen LogP contribution is 2.11. The number of rotatable bonds is 6. The van der Waals surface area contributed by atoms with Gasteiger partial charge >= 0.3 is 11.9 Å². The molecule has 1 atom stereocenters. The van der Waals surface area contributed by atoms with Crippen LogP contribution >= 0.6 is 0 Å². The molecule has 0 bridgehead atoms. The molecular weight excluding hydrogens is 234 g/mol. The maximum atomic E-state index is 11.4. The minimum Gasteiger partial charge on any atom is -0.481 e. The zero-order valence-electron chi connectivity index (χ0n) is 10.5. The van der Waals surface area contributed by atoms with Gasteiger partial charge in [-0.25, -0.2) is 4.79 Å². The lowest BCUT2D eigenvalue weighted by Crippen LogP contribution is -2.19. The Morgan fingerprint density at radius 3 is 2.44 bits per heavy atom. The first kappa shape index (κ1) is 14.0. The fraction of sp³-hybridized carbons (Fsp3) is 0.385. The van der Waals surface area contributed by atoms with Crippen LogP contribution in [0.25, 0.3) is 0 Å². The van der Waals surface area contributed by atoms with Gasteiger partial charge in [-0.2, -0.15) is 0 Å². The van der Waals surface area contributed by atoms with Crippen molar-refractivity contribution < 1.29 is 19.4 Å². The fourth-order valence-electron chi connectivity index (χ4n) is 1.30. The minimum atomic E-state index is -0.842. The molecule has 0 aliphatic carbocycles. The number of carbonyl (C=O) groups is 2. The summed E-state index contributed by atoms with van der Waals surface area (Å²) in [6.45, 7) is 4.06. The maximum absolute atomic E-state index is 11.4. The summed E-state index contributed by atoms with van der Waals surface area (Å²) in [5.74, 6) is -1.66. The molecule has 0 saturated heterocycles. The molecule has 0 aromatic heterocycles. The van der Waals surface area contributed by atoms with Crippen molar-refractivity contribution >= 4 is 17.6 Å². The molecule has 5 nitrogen and oxygen atoms in total. The average Bonchev–Trinajstić information content (AvgIpc) is 2.36. The largest absolute Gasteiger partial charge is 0.481 e. The lowest BCUT2D eigenvalue weighted by Gasteiger charge is -2.10. The van der Waals surface area contributed by atoms with Crippen LogP contribution < -0.4 is 5.32 Å². The van der Waals surface area contributed by atoms with Crippen molar-refractivity contribution in [2.75, 3.05) is 18.5 Å². The number of hydrogen-bond acceptors (Lipinski definition) is 4. The zero-order chi connectivity index (χ0) is 13.5. The number of benzene rings is 1. The molecule has 1 rings (SSSR count). The zero-order valence-corrected chi connectivity index (χ0v) is 10.5. The van der Waals surface area contributed by atoms with E-state index >= 15 is 0 Å². The third-order valence-electron chi connectivity index (χ3n) is 2.43. The van der Waals surface area contributed by atoms with Gasteiger partial charge in [0.1, 0.15) is 0 Å². The van der Waals surface area contributed by atoms with E-state index in [1.54, 1.807) is 38.1 Å². The molecule has 0 heterocycles. The van der Waals surface area contributed by atoms with Crippen molar-refractivity contribution in [3.63, 3.8) is 0 Å². The summed E-state index contributed by atoms with van der Waals surface area (Å²) in [5.41, 5.74) is 1.25. The predicted octanol–water partition coefficient (Wildman–Crippen LogP) is 2.00. The van der Waals surface area contributed by atoms with Crippen molar-refractivity contribution in [1.82, 2.24) is 0 Å². The van der Waals surface area contributed by atoms with Crippen molar-refractivity contribution in [3.05, 3.63) is 29.8 Å². The Bertz CT molecular complexity index is 414. The summed E-state index contributed by atoms with van der Waals surface area (Å²) >= 11 is 0. The SMILES string of the molecule is CCOC(=O)c1ccc(NCC(C)C(=O)O)cc1. The van der Waals surface area contributed by atoms with Crippen LogP contribution in [0.15, 0.2) is 24.3 Å². The lowest BCUT2D eigenvalue weighted by atomic mass is 10.1. The maximum Gasteiger partial charge on any atom is 0.338 e. The number of hydrogen-bond donors (Lipinski definition) is 2. The number of carboxylic acid groups (broad SMARTS) is 1. The summed E-state index contributed by atoms with van der Waals surface area (Å²) < 4.78 is 4.86. The molecule has 0 aliphatic heterocycles. The molecule has 1 aromatic carbocycles. The van der Waals surface area contributed by atoms with Gasteiger partial charge < -0.3 is 15.2 Å². The molecule has 18 heavy (non-hydrogen) atoms. The fourth-order valence-corrected chi connectivity index (χ4v) is 1.30. The monoisotopic (exact) mass is 251 g/mol. The Morgan fingerprint density at radius 1 is 1.33 bits per heavy atom. The smallest absolute Gasteiger partial charge is 0.338 e. The van der Waals surface area contributed by atoms with Gasteiger partial charge in [-0.05, 0) is 31.2 Å². The molecule has 0 spiro atoms. The van der Waals surface area contributed by atoms with Crippen LogP contribution in [0.3, 0.4) is 0 Å². The summed E-state index contributed by atoms with van der Waals surface area (Å²) in [6.07, 6.45) is 0. The van der Waals surface area contributed by atoms with E-state index in [4.69, 9.17) is 9.84 Å². The van der Waals surface area contributed by atoms with E-state index in [0.29, 0.717) is 18.7 Å². The number of esters is 1. The second-order valence-corrected chi connectivity index (χ2v) is 3.92. The van der Waals surface area contributed by atoms with Gasteiger partial charge in [0, 0.05) is 12.2 Å². The van der Waals surface area contributed by atoms with Crippen molar-refractivity contribution in [2.24, 2.45) is 5.92 Å². The summed E-state index contributed by atoms with van der Waals surface area (Å²) in [7, 11) is 0. The second-order valence-electron chi connectivity index (χ2n) is 3.92. The molecule has 5 heteroatoms. The number of anilines is 1. The van der Waals surface area contributed by atoms with Crippen LogP contribution in [-0.2, 0) is 9.53 Å². The Labute approximate surface area is 106 Å². The average molecular weight is 251 g/mol. The Balaban J connectivity index is 2.55. The van der Waals surface area contributed by atoms with Crippen LogP contribution in [-0.4, -0.2) is 30.2 Å². The quantitative estimate of drug-likeness (QED) is 0.756. The highest BCUT2D eigenvalue weighted by Gasteiger charge is 2.10. The van der Waals surface area contributed by atoms with Crippen LogP contribution in [0.1, 0.15) is 24.2 Å². The summed E-state index contributed by atoms with van der Waals surface area (Å²) in [5, 5.41) is 11.7. The van der Waals surface area contributed by atoms with Gasteiger partial charge in [-0.1, -0.05) is 6.92 Å². The highest BCUT2D eigenvalue weighted by atomic mass is 16.5. The third-order valence-corrected chi connectivity index (χ3v) is 2.43. The summed E-state index contributed by atoms with van der Waals surface area (Å²) in [6, 6.07) is 6.74. The normalized spacial score (nSPS) is 11.7. The van der Waals surface area contributed by atoms with Crippen molar-refractivity contribution in [1.29, 1.82) is 0 Å². The van der Waals surface area contributed by atoms with E-state index < -0.39 is 11.9 Å². The van der Waals surface area contributed by atoms with Gasteiger partial charge in [0.25, 0.3) is 0 Å². The van der Waals surface area contributed by atoms with Crippen LogP contribution in [0.5, 0.6) is 0 Å². The lowest BCUT2D eigenvalue weighted by molar-refractivity contribution is -0.140. The van der Waals surface area contributed by atoms with Gasteiger partial charge in [-0.3, -0.25) is 4.79 Å². The molecule has 0 saturated carbocycles. The van der Waals surface area contributed by atoms with Crippen molar-refractivity contribution in [2.45, 2.75) is 13.8 Å². The number of nitrogens with one attached hydrogen (secondary N) is 1. The first-order valence-electron chi connectivity index (χ1n) is 5.78. The molecule has 0 aliphatic rings. The number of carbonyl (C=O) groups excluding carboxylic acids is 1. The van der Waals surface area contributed by atoms with Gasteiger partial charge in [0.15, 0.2) is 0 Å². The predicted molar refractivity (Wildman–Crippen MR) is 67.7 cm³/mol. The molecule has 1 unspecified atom stereocenters. The standard InChI is InChI=1S/C13H17NO4/c1-3-18-13(17)10-4-6-11(7-5-10)14-8-9(2)12(15)16/h4-7,9,14H,3,8H2,1-2H3,(H,15,16). The molecule has 0 amide bonds. The molecule has 1 aromatic rings. The van der Waals surface area contributed by atoms with E-state index in [0.717, 1.165) is 5.69 Å². The van der Waals surface area contributed by atoms with E-state index in [9.17, 15) is 9.59 Å². The van der Waals surface area contributed by atoms with E-state index in [-0.39, 0.29) is 5.97 Å². The van der Waals surface area contributed by atoms with Gasteiger partial charge in [0.2, 0.25) is 0 Å². The first-order valence-corrected chi connectivity index (χ1v) is 5.78.